The summed E-state index contributed by atoms with van der Waals surface area (Å²) in [6.07, 6.45) is 5.81. The molecule has 70 heavy (non-hydrogen) atoms. The number of aromatic nitrogens is 4. The Morgan fingerprint density at radius 2 is 1.03 bits per heavy atom. The van der Waals surface area contributed by atoms with Crippen LogP contribution < -0.4 is 0 Å². The van der Waals surface area contributed by atoms with Gasteiger partial charge < -0.3 is 8.98 Å². The third-order valence-corrected chi connectivity index (χ3v) is 14.3. The summed E-state index contributed by atoms with van der Waals surface area (Å²) >= 11 is 0. The van der Waals surface area contributed by atoms with Gasteiger partial charge in [-0.2, -0.15) is 0 Å². The number of nitrogens with zero attached hydrogens (tertiary/aromatic N) is 4. The third kappa shape index (κ3) is 7.63. The predicted octanol–water partition coefficient (Wildman–Crippen LogP) is 17.2. The average Bonchev–Trinajstić information content (AvgIpc) is 3.94. The van der Waals surface area contributed by atoms with Crippen molar-refractivity contribution in [3.63, 3.8) is 0 Å². The summed E-state index contributed by atoms with van der Waals surface area (Å²) in [5.41, 5.74) is 17.2. The maximum absolute atomic E-state index is 6.63. The fourth-order valence-corrected chi connectivity index (χ4v) is 10.4. The highest BCUT2D eigenvalue weighted by molar-refractivity contribution is 6.09. The van der Waals surface area contributed by atoms with Crippen LogP contribution in [0, 0.1) is 11.3 Å². The van der Waals surface area contributed by atoms with Crippen LogP contribution in [0.15, 0.2) is 199 Å². The smallest absolute Gasteiger partial charge is 0.167 e. The SMILES string of the molecule is CC(C)(C)c1ccc2c(c1)c1c(n2-c2c(-c3ccccc3)cc(-c3nc(-c4ccc(-c5ccccc5)cc4)nc(-c4cccc5c4oc4ccccc45)n3)cc2-c2ccccc2)C=CC(C(C)(C)C)C1. The molecule has 5 nitrogen and oxygen atoms in total. The molecule has 0 aliphatic heterocycles. The molecule has 0 amide bonds. The minimum atomic E-state index is -0.00866. The van der Waals surface area contributed by atoms with Crippen molar-refractivity contribution in [1.29, 1.82) is 0 Å². The standard InChI is InChI=1S/C65H54N4O/c1-64(2,3)47-33-35-56-54(39-47)55-40-48(65(4,5)6)34-36-57(55)69(56)59-52(43-21-12-8-13-22-43)37-46(38-53(59)44-23-14-9-15-24-44)62-66-61(45-31-29-42(30-32-45)41-19-10-7-11-20-41)67-63(68-62)51-27-18-26-50-49-25-16-17-28-58(49)70-60(50)51/h7-39,48H,40H2,1-6H3. The highest BCUT2D eigenvalue weighted by Crippen LogP contribution is 2.47. The molecule has 1 atom stereocenters. The Balaban J connectivity index is 1.14. The van der Waals surface area contributed by atoms with E-state index in [0.29, 0.717) is 23.4 Å². The van der Waals surface area contributed by atoms with Crippen molar-refractivity contribution in [2.75, 3.05) is 0 Å². The number of fused-ring (bicyclic) bond motifs is 6. The van der Waals surface area contributed by atoms with E-state index in [0.717, 1.165) is 84.1 Å². The van der Waals surface area contributed by atoms with E-state index in [1.165, 1.54) is 27.7 Å². The first-order valence-electron chi connectivity index (χ1n) is 24.4. The molecule has 12 rings (SSSR count). The Labute approximate surface area is 409 Å². The molecule has 0 radical (unpaired) electrons. The van der Waals surface area contributed by atoms with Crippen LogP contribution in [0.25, 0.3) is 112 Å². The van der Waals surface area contributed by atoms with Gasteiger partial charge in [0.25, 0.3) is 0 Å². The van der Waals surface area contributed by atoms with Gasteiger partial charge in [0.05, 0.1) is 16.8 Å². The molecule has 0 saturated carbocycles. The molecule has 0 spiro atoms. The van der Waals surface area contributed by atoms with Crippen molar-refractivity contribution >= 4 is 38.9 Å². The molecule has 3 heterocycles. The predicted molar refractivity (Wildman–Crippen MR) is 291 cm³/mol. The van der Waals surface area contributed by atoms with Crippen molar-refractivity contribution < 1.29 is 4.42 Å². The molecule has 1 aliphatic rings. The van der Waals surface area contributed by atoms with E-state index in [1.54, 1.807) is 0 Å². The largest absolute Gasteiger partial charge is 0.455 e. The molecule has 8 aromatic carbocycles. The molecule has 3 aromatic heterocycles. The monoisotopic (exact) mass is 906 g/mol. The fraction of sp³-hybridized carbons (Fsp3) is 0.154. The lowest BCUT2D eigenvalue weighted by Gasteiger charge is -2.31. The van der Waals surface area contributed by atoms with Gasteiger partial charge in [-0.05, 0) is 99.0 Å². The van der Waals surface area contributed by atoms with Gasteiger partial charge in [0.2, 0.25) is 0 Å². The number of rotatable bonds is 7. The molecule has 0 N–H and O–H groups in total. The van der Waals surface area contributed by atoms with Gasteiger partial charge >= 0.3 is 0 Å². The van der Waals surface area contributed by atoms with Gasteiger partial charge in [0.15, 0.2) is 17.5 Å². The van der Waals surface area contributed by atoms with E-state index in [-0.39, 0.29) is 10.8 Å². The van der Waals surface area contributed by atoms with Crippen molar-refractivity contribution in [2.24, 2.45) is 11.3 Å². The first-order chi connectivity index (χ1) is 34.0. The van der Waals surface area contributed by atoms with Crippen LogP contribution in [0.1, 0.15) is 58.4 Å². The number of para-hydroxylation sites is 2. The highest BCUT2D eigenvalue weighted by atomic mass is 16.3. The summed E-state index contributed by atoms with van der Waals surface area (Å²) < 4.78 is 9.17. The normalized spacial score (nSPS) is 13.9. The van der Waals surface area contributed by atoms with E-state index in [1.807, 2.05) is 18.2 Å². The molecule has 5 heteroatoms. The van der Waals surface area contributed by atoms with Gasteiger partial charge in [-0.25, -0.2) is 15.0 Å². The molecular weight excluding hydrogens is 853 g/mol. The molecule has 1 aliphatic carbocycles. The summed E-state index contributed by atoms with van der Waals surface area (Å²) in [7, 11) is 0. The second-order valence-electron chi connectivity index (χ2n) is 20.9. The first-order valence-corrected chi connectivity index (χ1v) is 24.4. The van der Waals surface area contributed by atoms with Crippen LogP contribution in [0.5, 0.6) is 0 Å². The van der Waals surface area contributed by atoms with Gasteiger partial charge in [0.1, 0.15) is 11.2 Å². The van der Waals surface area contributed by atoms with Gasteiger partial charge in [-0.15, -0.1) is 0 Å². The molecule has 0 fully saturated rings. The Bertz CT molecular complexity index is 3730. The van der Waals surface area contributed by atoms with E-state index in [4.69, 9.17) is 19.4 Å². The molecule has 0 saturated heterocycles. The van der Waals surface area contributed by atoms with Crippen LogP contribution in [0.3, 0.4) is 0 Å². The Kier molecular flexibility index (Phi) is 10.4. The second-order valence-corrected chi connectivity index (χ2v) is 20.9. The number of furan rings is 1. The lowest BCUT2D eigenvalue weighted by Crippen LogP contribution is -2.23. The number of hydrogen-bond acceptors (Lipinski definition) is 4. The van der Waals surface area contributed by atoms with Crippen molar-refractivity contribution in [2.45, 2.75) is 53.4 Å². The first kappa shape index (κ1) is 43.2. The zero-order chi connectivity index (χ0) is 47.7. The van der Waals surface area contributed by atoms with Crippen molar-refractivity contribution in [3.8, 4) is 73.2 Å². The summed E-state index contributed by atoms with van der Waals surface area (Å²) in [6, 6.07) is 66.7. The molecule has 11 aromatic rings. The van der Waals surface area contributed by atoms with E-state index < -0.39 is 0 Å². The maximum Gasteiger partial charge on any atom is 0.167 e. The van der Waals surface area contributed by atoms with Gasteiger partial charge in [-0.1, -0.05) is 199 Å². The van der Waals surface area contributed by atoms with Crippen LogP contribution in [0.2, 0.25) is 0 Å². The topological polar surface area (TPSA) is 56.7 Å². The zero-order valence-electron chi connectivity index (χ0n) is 40.5. The summed E-state index contributed by atoms with van der Waals surface area (Å²) in [6.45, 7) is 14.0. The molecule has 0 bridgehead atoms. The van der Waals surface area contributed by atoms with E-state index in [9.17, 15) is 0 Å². The summed E-state index contributed by atoms with van der Waals surface area (Å²) in [4.78, 5) is 16.1. The highest BCUT2D eigenvalue weighted by Gasteiger charge is 2.32. The number of hydrogen-bond donors (Lipinski definition) is 0. The van der Waals surface area contributed by atoms with E-state index >= 15 is 0 Å². The number of benzene rings is 8. The fourth-order valence-electron chi connectivity index (χ4n) is 10.4. The molecule has 1 unspecified atom stereocenters. The maximum atomic E-state index is 6.63. The third-order valence-electron chi connectivity index (χ3n) is 14.3. The summed E-state index contributed by atoms with van der Waals surface area (Å²) in [5.74, 6) is 2.09. The zero-order valence-corrected chi connectivity index (χ0v) is 40.5. The van der Waals surface area contributed by atoms with Crippen LogP contribution >= 0.6 is 0 Å². The van der Waals surface area contributed by atoms with Gasteiger partial charge in [0, 0.05) is 44.1 Å². The quantitative estimate of drug-likeness (QED) is 0.160. The van der Waals surface area contributed by atoms with Crippen molar-refractivity contribution in [1.82, 2.24) is 19.5 Å². The average molecular weight is 907 g/mol. The minimum Gasteiger partial charge on any atom is -0.455 e. The molecular formula is C65H54N4O. The van der Waals surface area contributed by atoms with Crippen molar-refractivity contribution in [3.05, 3.63) is 211 Å². The van der Waals surface area contributed by atoms with E-state index in [2.05, 4.69) is 228 Å². The number of allylic oxidation sites excluding steroid dienone is 1. The Morgan fingerprint density at radius 3 is 1.67 bits per heavy atom. The Hall–Kier alpha value is -8.15. The van der Waals surface area contributed by atoms with Crippen LogP contribution in [-0.2, 0) is 11.8 Å². The molecule has 340 valence electrons. The van der Waals surface area contributed by atoms with Crippen LogP contribution in [-0.4, -0.2) is 19.5 Å². The second kappa shape index (κ2) is 16.8. The lowest BCUT2D eigenvalue weighted by molar-refractivity contribution is 0.291. The van der Waals surface area contributed by atoms with Crippen LogP contribution in [0.4, 0.5) is 0 Å². The Morgan fingerprint density at radius 1 is 0.471 bits per heavy atom. The lowest BCUT2D eigenvalue weighted by atomic mass is 9.74. The minimum absolute atomic E-state index is 0.00866. The summed E-state index contributed by atoms with van der Waals surface area (Å²) in [5, 5.41) is 3.39. The van der Waals surface area contributed by atoms with Gasteiger partial charge in [-0.3, -0.25) is 0 Å².